The maximum Gasteiger partial charge on any atom is 0.328 e. The van der Waals surface area contributed by atoms with Crippen LogP contribution >= 0.6 is 0 Å². The second-order valence-electron chi connectivity index (χ2n) is 6.04. The van der Waals surface area contributed by atoms with Crippen molar-refractivity contribution in [1.29, 1.82) is 0 Å². The summed E-state index contributed by atoms with van der Waals surface area (Å²) in [7, 11) is 1.30. The molecule has 23 heavy (non-hydrogen) atoms. The number of rotatable bonds is 5. The molecule has 2 rings (SSSR count). The number of nitrogens with one attached hydrogen (secondary N) is 1. The standard InChI is InChI=1S/C16H22N4O3/c1-9(2)13(16(22)23-5)19-15(21)12-6-11-8-18-20(10(3)4)14(11)17-7-12/h6-10,13H,1-5H3,(H,19,21). The van der Waals surface area contributed by atoms with Gasteiger partial charge in [0.05, 0.1) is 18.9 Å². The molecule has 7 nitrogen and oxygen atoms in total. The van der Waals surface area contributed by atoms with Gasteiger partial charge in [-0.3, -0.25) is 4.79 Å². The SMILES string of the molecule is COC(=O)C(NC(=O)c1cnc2c(cnn2C(C)C)c1)C(C)C. The lowest BCUT2D eigenvalue weighted by Gasteiger charge is -2.19. The van der Waals surface area contributed by atoms with Crippen molar-refractivity contribution >= 4 is 22.9 Å². The number of aromatic nitrogens is 3. The molecule has 0 fully saturated rings. The van der Waals surface area contributed by atoms with E-state index in [9.17, 15) is 9.59 Å². The smallest absolute Gasteiger partial charge is 0.328 e. The van der Waals surface area contributed by atoms with Gasteiger partial charge in [-0.1, -0.05) is 13.8 Å². The molecule has 0 aromatic carbocycles. The summed E-state index contributed by atoms with van der Waals surface area (Å²) in [6, 6.07) is 1.21. The molecule has 1 N–H and O–H groups in total. The number of carbonyl (C=O) groups excluding carboxylic acids is 2. The van der Waals surface area contributed by atoms with Crippen LogP contribution in [0.25, 0.3) is 11.0 Å². The first-order valence-electron chi connectivity index (χ1n) is 7.57. The molecule has 1 unspecified atom stereocenters. The van der Waals surface area contributed by atoms with E-state index in [4.69, 9.17) is 4.74 Å². The molecule has 124 valence electrons. The highest BCUT2D eigenvalue weighted by atomic mass is 16.5. The maximum atomic E-state index is 12.4. The number of fused-ring (bicyclic) bond motifs is 1. The summed E-state index contributed by atoms with van der Waals surface area (Å²) in [5.74, 6) is -0.900. The van der Waals surface area contributed by atoms with Crippen LogP contribution in [0, 0.1) is 5.92 Å². The van der Waals surface area contributed by atoms with Gasteiger partial charge in [-0.25, -0.2) is 14.5 Å². The maximum absolute atomic E-state index is 12.4. The van der Waals surface area contributed by atoms with E-state index in [0.29, 0.717) is 5.56 Å². The largest absolute Gasteiger partial charge is 0.467 e. The van der Waals surface area contributed by atoms with Gasteiger partial charge in [0.15, 0.2) is 5.65 Å². The van der Waals surface area contributed by atoms with Gasteiger partial charge < -0.3 is 10.1 Å². The van der Waals surface area contributed by atoms with Crippen molar-refractivity contribution in [2.24, 2.45) is 5.92 Å². The fourth-order valence-corrected chi connectivity index (χ4v) is 2.29. The van der Waals surface area contributed by atoms with E-state index in [1.165, 1.54) is 13.3 Å². The highest BCUT2D eigenvalue weighted by Crippen LogP contribution is 2.17. The van der Waals surface area contributed by atoms with Crippen LogP contribution in [-0.2, 0) is 9.53 Å². The van der Waals surface area contributed by atoms with Gasteiger partial charge in [-0.15, -0.1) is 0 Å². The molecule has 1 atom stereocenters. The predicted octanol–water partition coefficient (Wildman–Crippen LogP) is 1.94. The van der Waals surface area contributed by atoms with Crippen molar-refractivity contribution in [1.82, 2.24) is 20.1 Å². The lowest BCUT2D eigenvalue weighted by molar-refractivity contribution is -0.144. The summed E-state index contributed by atoms with van der Waals surface area (Å²) in [6.45, 7) is 7.71. The van der Waals surface area contributed by atoms with Gasteiger partial charge in [0.2, 0.25) is 0 Å². The number of carbonyl (C=O) groups is 2. The number of hydrogen-bond donors (Lipinski definition) is 1. The molecule has 2 aromatic heterocycles. The molecule has 7 heteroatoms. The number of nitrogens with zero attached hydrogens (tertiary/aromatic N) is 3. The number of pyridine rings is 1. The Bertz CT molecular complexity index is 721. The summed E-state index contributed by atoms with van der Waals surface area (Å²) in [6.07, 6.45) is 3.17. The van der Waals surface area contributed by atoms with Crippen molar-refractivity contribution in [2.75, 3.05) is 7.11 Å². The number of methoxy groups -OCH3 is 1. The van der Waals surface area contributed by atoms with Crippen molar-refractivity contribution in [3.05, 3.63) is 24.0 Å². The fraction of sp³-hybridized carbons (Fsp3) is 0.500. The van der Waals surface area contributed by atoms with Crippen molar-refractivity contribution in [2.45, 2.75) is 39.8 Å². The lowest BCUT2D eigenvalue weighted by atomic mass is 10.0. The van der Waals surface area contributed by atoms with Gasteiger partial charge in [0, 0.05) is 17.6 Å². The van der Waals surface area contributed by atoms with Crippen LogP contribution in [0.15, 0.2) is 18.5 Å². The average molecular weight is 318 g/mol. The van der Waals surface area contributed by atoms with Gasteiger partial charge in [-0.05, 0) is 25.8 Å². The first kappa shape index (κ1) is 16.9. The first-order valence-corrected chi connectivity index (χ1v) is 7.57. The molecule has 1 amide bonds. The Morgan fingerprint density at radius 2 is 1.91 bits per heavy atom. The Kier molecular flexibility index (Phi) is 4.98. The van der Waals surface area contributed by atoms with Crippen LogP contribution in [-0.4, -0.2) is 39.8 Å². The van der Waals surface area contributed by atoms with Gasteiger partial charge in [0.25, 0.3) is 5.91 Å². The van der Waals surface area contributed by atoms with Crippen LogP contribution in [0.3, 0.4) is 0 Å². The Morgan fingerprint density at radius 1 is 1.22 bits per heavy atom. The molecule has 0 bridgehead atoms. The van der Waals surface area contributed by atoms with E-state index in [2.05, 4.69) is 15.4 Å². The Morgan fingerprint density at radius 3 is 2.48 bits per heavy atom. The summed E-state index contributed by atoms with van der Waals surface area (Å²) in [5, 5.41) is 7.75. The third-order valence-corrected chi connectivity index (χ3v) is 3.59. The third kappa shape index (κ3) is 3.49. The fourth-order valence-electron chi connectivity index (χ4n) is 2.29. The highest BCUT2D eigenvalue weighted by molar-refractivity contribution is 5.98. The Balaban J connectivity index is 2.25. The third-order valence-electron chi connectivity index (χ3n) is 3.59. The second kappa shape index (κ2) is 6.76. The highest BCUT2D eigenvalue weighted by Gasteiger charge is 2.25. The van der Waals surface area contributed by atoms with Crippen LogP contribution in [0.1, 0.15) is 44.1 Å². The van der Waals surface area contributed by atoms with E-state index >= 15 is 0 Å². The summed E-state index contributed by atoms with van der Waals surface area (Å²) in [5.41, 5.74) is 1.11. The molecule has 0 aliphatic carbocycles. The van der Waals surface area contributed by atoms with Crippen molar-refractivity contribution < 1.29 is 14.3 Å². The average Bonchev–Trinajstić information content (AvgIpc) is 2.94. The number of ether oxygens (including phenoxy) is 1. The van der Waals surface area contributed by atoms with Crippen LogP contribution in [0.2, 0.25) is 0 Å². The zero-order valence-electron chi connectivity index (χ0n) is 14.0. The second-order valence-corrected chi connectivity index (χ2v) is 6.04. The summed E-state index contributed by atoms with van der Waals surface area (Å²) in [4.78, 5) is 28.4. The molecular formula is C16H22N4O3. The van der Waals surface area contributed by atoms with Crippen molar-refractivity contribution in [3.8, 4) is 0 Å². The number of hydrogen-bond acceptors (Lipinski definition) is 5. The van der Waals surface area contributed by atoms with E-state index in [-0.39, 0.29) is 17.9 Å². The van der Waals surface area contributed by atoms with Crippen LogP contribution < -0.4 is 5.32 Å². The monoisotopic (exact) mass is 318 g/mol. The van der Waals surface area contributed by atoms with Gasteiger partial charge in [-0.2, -0.15) is 5.10 Å². The minimum Gasteiger partial charge on any atom is -0.467 e. The Labute approximate surface area is 135 Å². The molecule has 0 radical (unpaired) electrons. The normalized spacial score (nSPS) is 12.7. The number of amides is 1. The van der Waals surface area contributed by atoms with E-state index in [0.717, 1.165) is 11.0 Å². The van der Waals surface area contributed by atoms with E-state index in [1.807, 2.05) is 27.7 Å². The topological polar surface area (TPSA) is 86.1 Å². The predicted molar refractivity (Wildman–Crippen MR) is 86.0 cm³/mol. The molecule has 0 aliphatic heterocycles. The molecule has 0 saturated carbocycles. The van der Waals surface area contributed by atoms with Crippen molar-refractivity contribution in [3.63, 3.8) is 0 Å². The Hall–Kier alpha value is -2.44. The minimum absolute atomic E-state index is 0.0771. The first-order chi connectivity index (χ1) is 10.8. The quantitative estimate of drug-likeness (QED) is 0.851. The lowest BCUT2D eigenvalue weighted by Crippen LogP contribution is -2.45. The van der Waals surface area contributed by atoms with E-state index < -0.39 is 12.0 Å². The molecule has 2 aromatic rings. The van der Waals surface area contributed by atoms with Crippen LogP contribution in [0.4, 0.5) is 0 Å². The molecule has 0 spiro atoms. The van der Waals surface area contributed by atoms with Gasteiger partial charge in [0.1, 0.15) is 6.04 Å². The molecular weight excluding hydrogens is 296 g/mol. The van der Waals surface area contributed by atoms with E-state index in [1.54, 1.807) is 16.9 Å². The summed E-state index contributed by atoms with van der Waals surface area (Å²) >= 11 is 0. The molecule has 0 saturated heterocycles. The minimum atomic E-state index is -0.693. The molecule has 0 aliphatic rings. The number of esters is 1. The summed E-state index contributed by atoms with van der Waals surface area (Å²) < 4.78 is 6.52. The van der Waals surface area contributed by atoms with Crippen LogP contribution in [0.5, 0.6) is 0 Å². The zero-order chi connectivity index (χ0) is 17.1. The van der Waals surface area contributed by atoms with Gasteiger partial charge >= 0.3 is 5.97 Å². The molecule has 2 heterocycles. The zero-order valence-corrected chi connectivity index (χ0v) is 14.0.